The zero-order valence-corrected chi connectivity index (χ0v) is 10.3. The minimum absolute atomic E-state index is 0.304. The van der Waals surface area contributed by atoms with Crippen LogP contribution in [-0.2, 0) is 4.74 Å². The van der Waals surface area contributed by atoms with Crippen LogP contribution in [-0.4, -0.2) is 18.1 Å². The normalized spacial score (nSPS) is 11.0. The van der Waals surface area contributed by atoms with E-state index in [1.54, 1.807) is 6.07 Å². The maximum Gasteiger partial charge on any atom is 0.338 e. The lowest BCUT2D eigenvalue weighted by Gasteiger charge is -2.01. The Morgan fingerprint density at radius 3 is 2.78 bits per heavy atom. The molecule has 0 amide bonds. The molecule has 0 fully saturated rings. The summed E-state index contributed by atoms with van der Waals surface area (Å²) in [6.45, 7) is 2.05. The third-order valence-corrected chi connectivity index (χ3v) is 3.18. The summed E-state index contributed by atoms with van der Waals surface area (Å²) in [6, 6.07) is 11.8. The van der Waals surface area contributed by atoms with Crippen LogP contribution in [0.1, 0.15) is 15.9 Å². The quantitative estimate of drug-likeness (QED) is 0.661. The van der Waals surface area contributed by atoms with Crippen molar-refractivity contribution in [2.75, 3.05) is 7.11 Å². The number of benzene rings is 2. The first-order valence-corrected chi connectivity index (χ1v) is 5.80. The minimum atomic E-state index is -0.304. The maximum absolute atomic E-state index is 11.8. The summed E-state index contributed by atoms with van der Waals surface area (Å²) in [5.74, 6) is -0.304. The van der Waals surface area contributed by atoms with Gasteiger partial charge in [-0.25, -0.2) is 4.79 Å². The third-order valence-electron chi connectivity index (χ3n) is 3.18. The monoisotopic (exact) mass is 239 g/mol. The highest BCUT2D eigenvalue weighted by atomic mass is 16.5. The van der Waals surface area contributed by atoms with Gasteiger partial charge >= 0.3 is 5.97 Å². The van der Waals surface area contributed by atoms with E-state index in [1.165, 1.54) is 12.7 Å². The molecule has 0 atom stereocenters. The number of methoxy groups -OCH3 is 1. The van der Waals surface area contributed by atoms with E-state index < -0.39 is 0 Å². The Kier molecular flexibility index (Phi) is 2.33. The summed E-state index contributed by atoms with van der Waals surface area (Å²) in [6.07, 6.45) is 0. The summed E-state index contributed by atoms with van der Waals surface area (Å²) in [7, 11) is 1.40. The summed E-state index contributed by atoms with van der Waals surface area (Å²) in [5, 5.41) is 1.98. The van der Waals surface area contributed by atoms with Crippen LogP contribution >= 0.6 is 0 Å². The zero-order chi connectivity index (χ0) is 12.7. The summed E-state index contributed by atoms with van der Waals surface area (Å²) in [4.78, 5) is 15.1. The molecular formula is C15H13NO2. The van der Waals surface area contributed by atoms with Gasteiger partial charge in [-0.15, -0.1) is 0 Å². The van der Waals surface area contributed by atoms with E-state index in [1.807, 2.05) is 31.2 Å². The number of nitrogens with one attached hydrogen (secondary N) is 1. The number of hydrogen-bond acceptors (Lipinski definition) is 2. The Labute approximate surface area is 104 Å². The van der Waals surface area contributed by atoms with Gasteiger partial charge < -0.3 is 9.72 Å². The molecule has 90 valence electrons. The van der Waals surface area contributed by atoms with Crippen molar-refractivity contribution < 1.29 is 9.53 Å². The van der Waals surface area contributed by atoms with Crippen molar-refractivity contribution in [2.24, 2.45) is 0 Å². The van der Waals surface area contributed by atoms with E-state index in [9.17, 15) is 4.79 Å². The number of carbonyl (C=O) groups excluding carboxylic acids is 1. The number of fused-ring (bicyclic) bond motifs is 3. The second kappa shape index (κ2) is 3.88. The van der Waals surface area contributed by atoms with E-state index in [2.05, 4.69) is 11.1 Å². The van der Waals surface area contributed by atoms with Gasteiger partial charge in [0.05, 0.1) is 12.7 Å². The van der Waals surface area contributed by atoms with Crippen molar-refractivity contribution in [2.45, 2.75) is 6.92 Å². The molecule has 3 heteroatoms. The van der Waals surface area contributed by atoms with Gasteiger partial charge in [0.15, 0.2) is 0 Å². The standard InChI is InChI=1S/C15H13NO2/c1-9-6-7-10-13(8-9)16-12-5-3-4-11(14(10)12)15(17)18-2/h3-8,16H,1-2H3. The fourth-order valence-corrected chi connectivity index (χ4v) is 2.35. The average Bonchev–Trinajstić information content (AvgIpc) is 2.74. The largest absolute Gasteiger partial charge is 0.465 e. The first-order valence-electron chi connectivity index (χ1n) is 5.80. The molecule has 0 aliphatic heterocycles. The molecule has 3 rings (SSSR count). The van der Waals surface area contributed by atoms with E-state index in [4.69, 9.17) is 4.74 Å². The summed E-state index contributed by atoms with van der Waals surface area (Å²) in [5.41, 5.74) is 3.79. The third kappa shape index (κ3) is 1.48. The number of rotatable bonds is 1. The Morgan fingerprint density at radius 1 is 1.17 bits per heavy atom. The number of carbonyl (C=O) groups is 1. The van der Waals surface area contributed by atoms with Crippen molar-refractivity contribution in [1.29, 1.82) is 0 Å². The highest BCUT2D eigenvalue weighted by Gasteiger charge is 2.14. The number of aromatic nitrogens is 1. The molecule has 1 heterocycles. The highest BCUT2D eigenvalue weighted by Crippen LogP contribution is 2.29. The van der Waals surface area contributed by atoms with Crippen molar-refractivity contribution in [3.05, 3.63) is 47.5 Å². The van der Waals surface area contributed by atoms with Gasteiger partial charge in [0.2, 0.25) is 0 Å². The molecule has 0 saturated carbocycles. The number of aryl methyl sites for hydroxylation is 1. The fraction of sp³-hybridized carbons (Fsp3) is 0.133. The minimum Gasteiger partial charge on any atom is -0.465 e. The number of H-pyrrole nitrogens is 1. The van der Waals surface area contributed by atoms with Crippen LogP contribution in [0.15, 0.2) is 36.4 Å². The van der Waals surface area contributed by atoms with Crippen LogP contribution in [0.3, 0.4) is 0 Å². The topological polar surface area (TPSA) is 42.1 Å². The second-order valence-electron chi connectivity index (χ2n) is 4.39. The molecule has 18 heavy (non-hydrogen) atoms. The van der Waals surface area contributed by atoms with Crippen LogP contribution < -0.4 is 0 Å². The van der Waals surface area contributed by atoms with Gasteiger partial charge in [-0.05, 0) is 30.7 Å². The molecular weight excluding hydrogens is 226 g/mol. The van der Waals surface area contributed by atoms with E-state index in [0.717, 1.165) is 21.8 Å². The molecule has 0 radical (unpaired) electrons. The molecule has 0 spiro atoms. The van der Waals surface area contributed by atoms with Crippen LogP contribution in [0.5, 0.6) is 0 Å². The Balaban J connectivity index is 2.45. The molecule has 3 aromatic rings. The van der Waals surface area contributed by atoms with Gasteiger partial charge in [0.1, 0.15) is 0 Å². The van der Waals surface area contributed by atoms with Crippen LogP contribution in [0.25, 0.3) is 21.8 Å². The summed E-state index contributed by atoms with van der Waals surface area (Å²) >= 11 is 0. The van der Waals surface area contributed by atoms with Gasteiger partial charge in [-0.1, -0.05) is 18.2 Å². The Bertz CT molecular complexity index is 756. The average molecular weight is 239 g/mol. The Hall–Kier alpha value is -2.29. The molecule has 3 nitrogen and oxygen atoms in total. The fourth-order valence-electron chi connectivity index (χ4n) is 2.35. The molecule has 0 aliphatic rings. The molecule has 1 aromatic heterocycles. The van der Waals surface area contributed by atoms with E-state index >= 15 is 0 Å². The smallest absolute Gasteiger partial charge is 0.338 e. The SMILES string of the molecule is COC(=O)c1cccc2[nH]c3cc(C)ccc3c12. The Morgan fingerprint density at radius 2 is 2.00 bits per heavy atom. The van der Waals surface area contributed by atoms with Crippen molar-refractivity contribution in [3.8, 4) is 0 Å². The van der Waals surface area contributed by atoms with Crippen molar-refractivity contribution >= 4 is 27.8 Å². The number of esters is 1. The number of hydrogen-bond donors (Lipinski definition) is 1. The van der Waals surface area contributed by atoms with E-state index in [-0.39, 0.29) is 5.97 Å². The molecule has 2 aromatic carbocycles. The van der Waals surface area contributed by atoms with Crippen molar-refractivity contribution in [1.82, 2.24) is 4.98 Å². The molecule has 0 bridgehead atoms. The van der Waals surface area contributed by atoms with Gasteiger partial charge in [0.25, 0.3) is 0 Å². The van der Waals surface area contributed by atoms with Crippen LogP contribution in [0.2, 0.25) is 0 Å². The van der Waals surface area contributed by atoms with Crippen LogP contribution in [0.4, 0.5) is 0 Å². The lowest BCUT2D eigenvalue weighted by atomic mass is 10.1. The first-order chi connectivity index (χ1) is 8.70. The van der Waals surface area contributed by atoms with Gasteiger partial charge in [-0.3, -0.25) is 0 Å². The van der Waals surface area contributed by atoms with Gasteiger partial charge in [0, 0.05) is 21.8 Å². The van der Waals surface area contributed by atoms with Crippen LogP contribution in [0, 0.1) is 6.92 Å². The number of aromatic amines is 1. The lowest BCUT2D eigenvalue weighted by Crippen LogP contribution is -2.01. The molecule has 0 saturated heterocycles. The van der Waals surface area contributed by atoms with E-state index in [0.29, 0.717) is 5.56 Å². The molecule has 0 aliphatic carbocycles. The zero-order valence-electron chi connectivity index (χ0n) is 10.3. The first kappa shape index (κ1) is 10.8. The second-order valence-corrected chi connectivity index (χ2v) is 4.39. The van der Waals surface area contributed by atoms with Gasteiger partial charge in [-0.2, -0.15) is 0 Å². The lowest BCUT2D eigenvalue weighted by molar-refractivity contribution is 0.0603. The van der Waals surface area contributed by atoms with Crippen molar-refractivity contribution in [3.63, 3.8) is 0 Å². The predicted octanol–water partition coefficient (Wildman–Crippen LogP) is 3.42. The maximum atomic E-state index is 11.8. The highest BCUT2D eigenvalue weighted by molar-refractivity contribution is 6.16. The molecule has 0 unspecified atom stereocenters. The summed E-state index contributed by atoms with van der Waals surface area (Å²) < 4.78 is 4.83. The predicted molar refractivity (Wildman–Crippen MR) is 71.9 cm³/mol. The molecule has 1 N–H and O–H groups in total. The number of ether oxygens (including phenoxy) is 1.